The summed E-state index contributed by atoms with van der Waals surface area (Å²) < 4.78 is 6.94. The predicted molar refractivity (Wildman–Crippen MR) is 101 cm³/mol. The second-order valence-electron chi connectivity index (χ2n) is 5.14. The average molecular weight is 390 g/mol. The van der Waals surface area contributed by atoms with Gasteiger partial charge in [-0.3, -0.25) is 4.79 Å². The molecule has 0 bridgehead atoms. The van der Waals surface area contributed by atoms with Gasteiger partial charge in [-0.05, 0) is 65.9 Å². The topological polar surface area (TPSA) is 81.9 Å². The van der Waals surface area contributed by atoms with E-state index in [-0.39, 0.29) is 11.7 Å². The van der Waals surface area contributed by atoms with Crippen LogP contribution in [0.15, 0.2) is 53.7 Å². The Kier molecular flexibility index (Phi) is 6.08. The molecule has 26 heavy (non-hydrogen) atoms. The molecule has 0 unspecified atom stereocenters. The van der Waals surface area contributed by atoms with E-state index < -0.39 is 0 Å². The Labute approximate surface area is 159 Å². The van der Waals surface area contributed by atoms with E-state index in [2.05, 4.69) is 20.8 Å². The first-order chi connectivity index (χ1) is 12.7. The van der Waals surface area contributed by atoms with Gasteiger partial charge in [-0.2, -0.15) is 4.68 Å². The van der Waals surface area contributed by atoms with Crippen molar-refractivity contribution in [1.82, 2.24) is 20.2 Å². The van der Waals surface area contributed by atoms with Gasteiger partial charge < -0.3 is 10.1 Å². The smallest absolute Gasteiger partial charge is 0.234 e. The van der Waals surface area contributed by atoms with Crippen LogP contribution in [0.25, 0.3) is 5.69 Å². The standard InChI is InChI=1S/C17H16ClN5O2S/c1-2-25-15-9-5-13(6-10-15)19-16(24)11-26-17-20-21-22-23(17)14-7-3-12(18)4-8-14/h3-10H,2,11H2,1H3,(H,19,24). The third-order valence-electron chi connectivity index (χ3n) is 3.29. The fourth-order valence-corrected chi connectivity index (χ4v) is 2.96. The zero-order valence-corrected chi connectivity index (χ0v) is 15.5. The quantitative estimate of drug-likeness (QED) is 0.623. The van der Waals surface area contributed by atoms with Gasteiger partial charge in [0.05, 0.1) is 18.0 Å². The Balaban J connectivity index is 1.58. The van der Waals surface area contributed by atoms with Crippen molar-refractivity contribution in [3.8, 4) is 11.4 Å². The lowest BCUT2D eigenvalue weighted by Crippen LogP contribution is -2.14. The van der Waals surface area contributed by atoms with Gasteiger partial charge in [0.25, 0.3) is 0 Å². The molecule has 0 aliphatic heterocycles. The Bertz CT molecular complexity index is 868. The number of nitrogens with one attached hydrogen (secondary N) is 1. The number of thioether (sulfide) groups is 1. The minimum absolute atomic E-state index is 0.148. The minimum Gasteiger partial charge on any atom is -0.494 e. The number of ether oxygens (including phenoxy) is 1. The maximum absolute atomic E-state index is 12.2. The van der Waals surface area contributed by atoms with Crippen LogP contribution in [0.2, 0.25) is 5.02 Å². The summed E-state index contributed by atoms with van der Waals surface area (Å²) in [6.45, 7) is 2.52. The number of benzene rings is 2. The summed E-state index contributed by atoms with van der Waals surface area (Å²) in [4.78, 5) is 12.2. The van der Waals surface area contributed by atoms with Crippen molar-refractivity contribution in [2.75, 3.05) is 17.7 Å². The SMILES string of the molecule is CCOc1ccc(NC(=O)CSc2nnnn2-c2ccc(Cl)cc2)cc1. The molecule has 9 heteroatoms. The molecule has 0 spiro atoms. The van der Waals surface area contributed by atoms with Crippen molar-refractivity contribution in [3.05, 3.63) is 53.6 Å². The highest BCUT2D eigenvalue weighted by molar-refractivity contribution is 7.99. The van der Waals surface area contributed by atoms with Crippen molar-refractivity contribution >= 4 is 35.0 Å². The molecule has 0 fully saturated rings. The molecular formula is C17H16ClN5O2S. The largest absolute Gasteiger partial charge is 0.494 e. The number of carbonyl (C=O) groups excluding carboxylic acids is 1. The first kappa shape index (κ1) is 18.2. The third-order valence-corrected chi connectivity index (χ3v) is 4.46. The average Bonchev–Trinajstić information content (AvgIpc) is 3.11. The first-order valence-electron chi connectivity index (χ1n) is 7.85. The van der Waals surface area contributed by atoms with Crippen LogP contribution in [0.4, 0.5) is 5.69 Å². The number of nitrogens with zero attached hydrogens (tertiary/aromatic N) is 4. The molecule has 7 nitrogen and oxygen atoms in total. The number of amides is 1. The molecule has 0 saturated heterocycles. The molecule has 0 saturated carbocycles. The molecular weight excluding hydrogens is 374 g/mol. The van der Waals surface area contributed by atoms with Crippen LogP contribution in [0.1, 0.15) is 6.92 Å². The predicted octanol–water partition coefficient (Wildman–Crippen LogP) is 3.45. The van der Waals surface area contributed by atoms with Crippen molar-refractivity contribution in [2.45, 2.75) is 12.1 Å². The van der Waals surface area contributed by atoms with E-state index >= 15 is 0 Å². The lowest BCUT2D eigenvalue weighted by atomic mass is 10.3. The van der Waals surface area contributed by atoms with Gasteiger partial charge >= 0.3 is 0 Å². The van der Waals surface area contributed by atoms with Crippen LogP contribution >= 0.6 is 23.4 Å². The second-order valence-corrected chi connectivity index (χ2v) is 6.52. The highest BCUT2D eigenvalue weighted by Crippen LogP contribution is 2.20. The number of halogens is 1. The lowest BCUT2D eigenvalue weighted by molar-refractivity contribution is -0.113. The molecule has 1 heterocycles. The summed E-state index contributed by atoms with van der Waals surface area (Å²) in [5.41, 5.74) is 1.48. The molecule has 1 N–H and O–H groups in total. The van der Waals surface area contributed by atoms with Gasteiger partial charge in [0.2, 0.25) is 11.1 Å². The van der Waals surface area contributed by atoms with Crippen molar-refractivity contribution < 1.29 is 9.53 Å². The molecule has 0 radical (unpaired) electrons. The molecule has 0 aliphatic carbocycles. The normalized spacial score (nSPS) is 10.5. The maximum Gasteiger partial charge on any atom is 0.234 e. The van der Waals surface area contributed by atoms with Crippen molar-refractivity contribution in [1.29, 1.82) is 0 Å². The maximum atomic E-state index is 12.2. The van der Waals surface area contributed by atoms with Gasteiger partial charge in [-0.15, -0.1) is 5.10 Å². The second kappa shape index (κ2) is 8.68. The van der Waals surface area contributed by atoms with Crippen molar-refractivity contribution in [2.24, 2.45) is 0 Å². The Hall–Kier alpha value is -2.58. The number of hydrogen-bond acceptors (Lipinski definition) is 6. The molecule has 2 aromatic carbocycles. The van der Waals surface area contributed by atoms with Gasteiger partial charge in [0.1, 0.15) is 5.75 Å². The first-order valence-corrected chi connectivity index (χ1v) is 9.22. The van der Waals surface area contributed by atoms with Gasteiger partial charge in [0, 0.05) is 10.7 Å². The molecule has 0 aliphatic rings. The summed E-state index contributed by atoms with van der Waals surface area (Å²) in [5.74, 6) is 0.799. The number of rotatable bonds is 7. The Morgan fingerprint density at radius 1 is 1.19 bits per heavy atom. The number of aromatic nitrogens is 4. The summed E-state index contributed by atoms with van der Waals surface area (Å²) in [5, 5.41) is 15.6. The molecule has 3 rings (SSSR count). The number of carbonyl (C=O) groups is 1. The monoisotopic (exact) mass is 389 g/mol. The summed E-state index contributed by atoms with van der Waals surface area (Å²) in [6.07, 6.45) is 0. The van der Waals surface area contributed by atoms with Gasteiger partial charge in [-0.25, -0.2) is 0 Å². The van der Waals surface area contributed by atoms with E-state index in [1.807, 2.05) is 31.2 Å². The van der Waals surface area contributed by atoms with Crippen LogP contribution in [0.5, 0.6) is 5.75 Å². The zero-order chi connectivity index (χ0) is 18.4. The zero-order valence-electron chi connectivity index (χ0n) is 13.9. The van der Waals surface area contributed by atoms with E-state index in [9.17, 15) is 4.79 Å². The van der Waals surface area contributed by atoms with E-state index in [4.69, 9.17) is 16.3 Å². The van der Waals surface area contributed by atoms with Crippen LogP contribution in [0, 0.1) is 0 Å². The minimum atomic E-state index is -0.148. The molecule has 3 aromatic rings. The fraction of sp³-hybridized carbons (Fsp3) is 0.176. The van der Waals surface area contributed by atoms with E-state index in [1.165, 1.54) is 11.8 Å². The summed E-state index contributed by atoms with van der Waals surface area (Å²) >= 11 is 7.14. The highest BCUT2D eigenvalue weighted by Gasteiger charge is 2.12. The number of hydrogen-bond donors (Lipinski definition) is 1. The molecule has 1 amide bonds. The number of anilines is 1. The van der Waals surface area contributed by atoms with Gasteiger partial charge in [-0.1, -0.05) is 23.4 Å². The highest BCUT2D eigenvalue weighted by atomic mass is 35.5. The van der Waals surface area contributed by atoms with Gasteiger partial charge in [0.15, 0.2) is 0 Å². The van der Waals surface area contributed by atoms with E-state index in [0.29, 0.717) is 22.5 Å². The molecule has 0 atom stereocenters. The van der Waals surface area contributed by atoms with Crippen LogP contribution in [-0.2, 0) is 4.79 Å². The van der Waals surface area contributed by atoms with Crippen molar-refractivity contribution in [3.63, 3.8) is 0 Å². The van der Waals surface area contributed by atoms with Crippen LogP contribution < -0.4 is 10.1 Å². The number of tetrazole rings is 1. The Morgan fingerprint density at radius 3 is 2.62 bits per heavy atom. The summed E-state index contributed by atoms with van der Waals surface area (Å²) in [6, 6.07) is 14.3. The lowest BCUT2D eigenvalue weighted by Gasteiger charge is -2.07. The Morgan fingerprint density at radius 2 is 1.92 bits per heavy atom. The third kappa shape index (κ3) is 4.74. The van der Waals surface area contributed by atoms with E-state index in [1.54, 1.807) is 28.9 Å². The van der Waals surface area contributed by atoms with E-state index in [0.717, 1.165) is 11.4 Å². The van der Waals surface area contributed by atoms with Crippen LogP contribution in [-0.4, -0.2) is 38.5 Å². The molecule has 1 aromatic heterocycles. The summed E-state index contributed by atoms with van der Waals surface area (Å²) in [7, 11) is 0. The molecule has 134 valence electrons. The fourth-order valence-electron chi connectivity index (χ4n) is 2.14. The van der Waals surface area contributed by atoms with Crippen LogP contribution in [0.3, 0.4) is 0 Å².